The maximum absolute atomic E-state index is 15.4. The molecule has 0 unspecified atom stereocenters. The van der Waals surface area contributed by atoms with Crippen LogP contribution in [-0.4, -0.2) is 65.9 Å². The van der Waals surface area contributed by atoms with Crippen molar-refractivity contribution in [3.05, 3.63) is 64.5 Å². The average Bonchev–Trinajstić information content (AvgIpc) is 3.58. The molecular weight excluding hydrogens is 574 g/mol. The van der Waals surface area contributed by atoms with E-state index in [1.54, 1.807) is 54.8 Å². The Hall–Kier alpha value is -4.01. The normalized spacial score (nSPS) is 18.8. The van der Waals surface area contributed by atoms with E-state index < -0.39 is 29.4 Å². The number of rotatable bonds is 5. The first-order valence-corrected chi connectivity index (χ1v) is 15.1. The summed E-state index contributed by atoms with van der Waals surface area (Å²) in [4.78, 5) is 30.5. The molecule has 2 amide bonds. The number of ether oxygens (including phenoxy) is 1. The molecule has 0 aliphatic carbocycles. The molecule has 0 spiro atoms. The number of alkyl carbamates (subject to hydrolysis) is 1. The number of hydrogen-bond acceptors (Lipinski definition) is 7. The Morgan fingerprint density at radius 3 is 2.44 bits per heavy atom. The number of anilines is 1. The minimum atomic E-state index is -0.689. The first-order valence-electron chi connectivity index (χ1n) is 14.3. The van der Waals surface area contributed by atoms with Gasteiger partial charge in [0.2, 0.25) is 0 Å². The van der Waals surface area contributed by atoms with Crippen molar-refractivity contribution >= 4 is 29.0 Å². The topological polar surface area (TPSA) is 106 Å². The summed E-state index contributed by atoms with van der Waals surface area (Å²) in [6.07, 6.45) is 0.918. The van der Waals surface area contributed by atoms with E-state index in [4.69, 9.17) is 4.74 Å². The van der Waals surface area contributed by atoms with E-state index in [9.17, 15) is 24.3 Å². The number of hydrogen-bond donors (Lipinski definition) is 2. The zero-order valence-corrected chi connectivity index (χ0v) is 25.1. The Kier molecular flexibility index (Phi) is 8.71. The molecule has 2 aliphatic heterocycles. The Morgan fingerprint density at radius 2 is 1.79 bits per heavy atom. The van der Waals surface area contributed by atoms with Gasteiger partial charge in [-0.15, -0.1) is 11.3 Å². The van der Waals surface area contributed by atoms with Crippen LogP contribution < -0.4 is 10.2 Å². The number of halogens is 2. The number of aliphatic hydroxyl groups is 1. The van der Waals surface area contributed by atoms with E-state index >= 15 is 4.39 Å². The summed E-state index contributed by atoms with van der Waals surface area (Å²) < 4.78 is 35.4. The van der Waals surface area contributed by atoms with E-state index in [0.717, 1.165) is 0 Å². The van der Waals surface area contributed by atoms with Gasteiger partial charge in [0.1, 0.15) is 23.3 Å². The van der Waals surface area contributed by atoms with Gasteiger partial charge in [0.15, 0.2) is 0 Å². The summed E-state index contributed by atoms with van der Waals surface area (Å²) in [5, 5.41) is 21.9. The predicted molar refractivity (Wildman–Crippen MR) is 161 cm³/mol. The Labute approximate surface area is 253 Å². The lowest BCUT2D eigenvalue weighted by Gasteiger charge is -2.33. The van der Waals surface area contributed by atoms with Crippen LogP contribution in [0.3, 0.4) is 0 Å². The van der Waals surface area contributed by atoms with Crippen LogP contribution in [0.15, 0.2) is 42.5 Å². The molecular formula is C32H34F2N4O4S. The third-order valence-corrected chi connectivity index (χ3v) is 8.66. The molecule has 1 aromatic heterocycles. The van der Waals surface area contributed by atoms with E-state index in [0.29, 0.717) is 77.6 Å². The van der Waals surface area contributed by atoms with E-state index in [1.165, 1.54) is 29.5 Å². The number of aliphatic hydroxyl groups excluding tert-OH is 1. The molecule has 0 saturated carbocycles. The molecule has 43 heavy (non-hydrogen) atoms. The Bertz CT molecular complexity index is 1580. The predicted octanol–water partition coefficient (Wildman–Crippen LogP) is 5.93. The van der Waals surface area contributed by atoms with E-state index in [-0.39, 0.29) is 17.5 Å². The van der Waals surface area contributed by atoms with E-state index in [2.05, 4.69) is 5.32 Å². The molecule has 11 heteroatoms. The van der Waals surface area contributed by atoms with Crippen LogP contribution in [-0.2, 0) is 4.74 Å². The van der Waals surface area contributed by atoms with E-state index in [1.807, 2.05) is 6.07 Å². The number of nitrogens with zero attached hydrogens (tertiary/aromatic N) is 3. The van der Waals surface area contributed by atoms with Gasteiger partial charge in [0.05, 0.1) is 22.2 Å². The fourth-order valence-corrected chi connectivity index (χ4v) is 6.62. The molecule has 2 N–H and O–H groups in total. The molecule has 226 valence electrons. The smallest absolute Gasteiger partial charge is 0.407 e. The second kappa shape index (κ2) is 12.3. The van der Waals surface area contributed by atoms with Crippen LogP contribution in [0.5, 0.6) is 0 Å². The number of carbonyl (C=O) groups excluding carboxylic acids is 2. The maximum atomic E-state index is 15.4. The highest BCUT2D eigenvalue weighted by Crippen LogP contribution is 2.42. The number of piperidine rings is 1. The second-order valence-corrected chi connectivity index (χ2v) is 13.0. The lowest BCUT2D eigenvalue weighted by atomic mass is 10.00. The van der Waals surface area contributed by atoms with Crippen molar-refractivity contribution < 1.29 is 28.2 Å². The van der Waals surface area contributed by atoms with Gasteiger partial charge in [-0.25, -0.2) is 13.6 Å². The van der Waals surface area contributed by atoms with Crippen molar-refractivity contribution in [2.24, 2.45) is 0 Å². The highest BCUT2D eigenvalue weighted by atomic mass is 32.1. The largest absolute Gasteiger partial charge is 0.444 e. The summed E-state index contributed by atoms with van der Waals surface area (Å²) in [7, 11) is 0. The lowest BCUT2D eigenvalue weighted by molar-refractivity contribution is 0.0453. The number of nitrogens with one attached hydrogen (secondary N) is 1. The Morgan fingerprint density at radius 1 is 1.05 bits per heavy atom. The fraction of sp³-hybridized carbons (Fsp3) is 0.406. The number of carbonyl (C=O) groups is 2. The number of amides is 2. The van der Waals surface area contributed by atoms with Crippen molar-refractivity contribution in [3.8, 4) is 27.6 Å². The van der Waals surface area contributed by atoms with Crippen molar-refractivity contribution in [3.63, 3.8) is 0 Å². The van der Waals surface area contributed by atoms with Crippen LogP contribution in [0.2, 0.25) is 0 Å². The fourth-order valence-electron chi connectivity index (χ4n) is 5.47. The molecule has 2 saturated heterocycles. The van der Waals surface area contributed by atoms with Gasteiger partial charge in [0, 0.05) is 42.7 Å². The van der Waals surface area contributed by atoms with Crippen LogP contribution in [0, 0.1) is 23.0 Å². The van der Waals surface area contributed by atoms with Crippen molar-refractivity contribution in [2.45, 2.75) is 57.8 Å². The molecule has 0 bridgehead atoms. The quantitative estimate of drug-likeness (QED) is 0.372. The number of nitriles is 1. The van der Waals surface area contributed by atoms with Crippen LogP contribution in [0.4, 0.5) is 19.3 Å². The SMILES string of the molecule is CC(C)(C)OC(=O)N[C@@H]1CCCN(C(=O)c2cc(-c3ccc(C#N)c(F)c3)c(-c3ccc(N4CC[C@@H](O)C4)c(F)c3)s2)C1. The average molecular weight is 609 g/mol. The van der Waals surface area contributed by atoms with Crippen molar-refractivity contribution in [1.82, 2.24) is 10.2 Å². The van der Waals surface area contributed by atoms with Crippen LogP contribution in [0.1, 0.15) is 55.3 Å². The van der Waals surface area contributed by atoms with Gasteiger partial charge < -0.3 is 25.0 Å². The third-order valence-electron chi connectivity index (χ3n) is 7.49. The summed E-state index contributed by atoms with van der Waals surface area (Å²) in [6, 6.07) is 12.3. The van der Waals surface area contributed by atoms with Crippen LogP contribution >= 0.6 is 11.3 Å². The molecule has 8 nitrogen and oxygen atoms in total. The molecule has 2 aromatic carbocycles. The minimum Gasteiger partial charge on any atom is -0.444 e. The number of likely N-dealkylation sites (tertiary alicyclic amines) is 1. The zero-order chi connectivity index (χ0) is 30.9. The molecule has 2 fully saturated rings. The highest BCUT2D eigenvalue weighted by Gasteiger charge is 2.30. The highest BCUT2D eigenvalue weighted by molar-refractivity contribution is 7.18. The molecule has 5 rings (SSSR count). The number of benzene rings is 2. The lowest BCUT2D eigenvalue weighted by Crippen LogP contribution is -2.50. The summed E-state index contributed by atoms with van der Waals surface area (Å²) >= 11 is 1.18. The molecule has 2 atom stereocenters. The maximum Gasteiger partial charge on any atom is 0.407 e. The first-order chi connectivity index (χ1) is 20.4. The van der Waals surface area contributed by atoms with Gasteiger partial charge in [-0.1, -0.05) is 12.1 Å². The Balaban J connectivity index is 1.45. The van der Waals surface area contributed by atoms with Gasteiger partial charge in [-0.3, -0.25) is 4.79 Å². The van der Waals surface area contributed by atoms with Gasteiger partial charge in [0.25, 0.3) is 5.91 Å². The van der Waals surface area contributed by atoms with Crippen molar-refractivity contribution in [1.29, 1.82) is 5.26 Å². The van der Waals surface area contributed by atoms with Gasteiger partial charge in [-0.2, -0.15) is 5.26 Å². The van der Waals surface area contributed by atoms with Crippen molar-refractivity contribution in [2.75, 3.05) is 31.1 Å². The van der Waals surface area contributed by atoms with Gasteiger partial charge >= 0.3 is 6.09 Å². The molecule has 3 heterocycles. The third kappa shape index (κ3) is 6.98. The number of thiophene rings is 1. The standard InChI is InChI=1S/C32H34F2N4O4S/c1-32(2,3)42-31(41)36-22-5-4-11-38(17-22)30(40)28-15-24(19-6-7-21(16-35)25(33)13-19)29(43-28)20-8-9-27(26(34)14-20)37-12-10-23(39)18-37/h6-9,13-15,22-23,39H,4-5,10-12,17-18H2,1-3H3,(H,36,41)/t22-,23-/m1/s1. The summed E-state index contributed by atoms with van der Waals surface area (Å²) in [6.45, 7) is 7.05. The molecule has 3 aromatic rings. The molecule has 0 radical (unpaired) electrons. The molecule has 2 aliphatic rings. The minimum absolute atomic E-state index is 0.100. The van der Waals surface area contributed by atoms with Crippen LogP contribution in [0.25, 0.3) is 21.6 Å². The van der Waals surface area contributed by atoms with Gasteiger partial charge in [-0.05, 0) is 81.5 Å². The number of β-amino-alcohol motifs (C(OH)–C–C–N with tert-alkyl or cyclic N) is 1. The zero-order valence-electron chi connectivity index (χ0n) is 24.3. The summed E-state index contributed by atoms with van der Waals surface area (Å²) in [5.41, 5.74) is 1.16. The first kappa shape index (κ1) is 30.4. The second-order valence-electron chi connectivity index (χ2n) is 12.0. The monoisotopic (exact) mass is 608 g/mol. The summed E-state index contributed by atoms with van der Waals surface area (Å²) in [5.74, 6) is -1.39.